The van der Waals surface area contributed by atoms with Crippen LogP contribution in [0.15, 0.2) is 34.7 Å². The third-order valence-electron chi connectivity index (χ3n) is 5.72. The molecular weight excluding hydrogens is 430 g/mol. The molecule has 31 heavy (non-hydrogen) atoms. The van der Waals surface area contributed by atoms with E-state index in [4.69, 9.17) is 4.74 Å². The predicted molar refractivity (Wildman–Crippen MR) is 97.1 cm³/mol. The normalized spacial score (nSPS) is 26.1. The zero-order valence-electron chi connectivity index (χ0n) is 16.9. The van der Waals surface area contributed by atoms with Gasteiger partial charge >= 0.3 is 18.3 Å². The van der Waals surface area contributed by atoms with Crippen LogP contribution in [0.3, 0.4) is 0 Å². The molecule has 3 rings (SSSR count). The lowest BCUT2D eigenvalue weighted by atomic mass is 9.72. The first-order valence-electron chi connectivity index (χ1n) is 9.81. The molecule has 0 spiro atoms. The van der Waals surface area contributed by atoms with Gasteiger partial charge in [0.1, 0.15) is 5.92 Å². The van der Waals surface area contributed by atoms with Gasteiger partial charge < -0.3 is 15.0 Å². The van der Waals surface area contributed by atoms with Gasteiger partial charge in [0, 0.05) is 30.8 Å². The summed E-state index contributed by atoms with van der Waals surface area (Å²) in [5.74, 6) is -4.78. The molecule has 3 aliphatic rings. The largest absolute Gasteiger partial charge is 0.466 e. The summed E-state index contributed by atoms with van der Waals surface area (Å²) in [5.41, 5.74) is 0.239. The van der Waals surface area contributed by atoms with E-state index in [0.29, 0.717) is 5.57 Å². The molecule has 172 valence electrons. The second-order valence-corrected chi connectivity index (χ2v) is 7.74. The summed E-state index contributed by atoms with van der Waals surface area (Å²) in [6, 6.07) is -1.19. The number of fused-ring (bicyclic) bond motifs is 1. The zero-order valence-corrected chi connectivity index (χ0v) is 16.9. The van der Waals surface area contributed by atoms with E-state index in [9.17, 15) is 35.9 Å². The number of likely N-dealkylation sites (N-methyl/N-ethyl adjacent to an activating group) is 1. The van der Waals surface area contributed by atoms with Crippen molar-refractivity contribution in [2.24, 2.45) is 11.8 Å². The van der Waals surface area contributed by atoms with Gasteiger partial charge in [-0.3, -0.25) is 9.59 Å². The van der Waals surface area contributed by atoms with Gasteiger partial charge in [0.2, 0.25) is 5.91 Å². The summed E-state index contributed by atoms with van der Waals surface area (Å²) >= 11 is 0. The number of ether oxygens (including phenoxy) is 1. The molecule has 0 radical (unpaired) electrons. The molecule has 1 N–H and O–H groups in total. The number of allylic oxidation sites excluding steroid dienone is 4. The van der Waals surface area contributed by atoms with Gasteiger partial charge in [-0.15, -0.1) is 0 Å². The summed E-state index contributed by atoms with van der Waals surface area (Å²) < 4.78 is 86.3. The van der Waals surface area contributed by atoms with Crippen molar-refractivity contribution in [2.45, 2.75) is 51.0 Å². The third-order valence-corrected chi connectivity index (χ3v) is 5.72. The summed E-state index contributed by atoms with van der Waals surface area (Å²) in [6.45, 7) is 1.62. The summed E-state index contributed by atoms with van der Waals surface area (Å²) in [5, 5.41) is 2.29. The Hall–Kier alpha value is -2.46. The lowest BCUT2D eigenvalue weighted by Gasteiger charge is -2.44. The molecule has 0 saturated heterocycles. The number of hydrogen-bond acceptors (Lipinski definition) is 4. The smallest absolute Gasteiger partial charge is 0.397 e. The molecule has 11 heteroatoms. The summed E-state index contributed by atoms with van der Waals surface area (Å²) in [6.07, 6.45) is -8.78. The Bertz CT molecular complexity index is 856. The average Bonchev–Trinajstić information content (AvgIpc) is 3.00. The maximum atomic E-state index is 14.1. The van der Waals surface area contributed by atoms with Crippen LogP contribution in [-0.2, 0) is 14.3 Å². The Kier molecular flexibility index (Phi) is 6.16. The number of amides is 1. The summed E-state index contributed by atoms with van der Waals surface area (Å²) in [7, 11) is 1.32. The van der Waals surface area contributed by atoms with Gasteiger partial charge in [0.05, 0.1) is 25.5 Å². The van der Waals surface area contributed by atoms with E-state index < -0.39 is 48.5 Å². The Morgan fingerprint density at radius 3 is 2.52 bits per heavy atom. The van der Waals surface area contributed by atoms with Crippen molar-refractivity contribution < 1.29 is 40.7 Å². The van der Waals surface area contributed by atoms with E-state index in [0.717, 1.165) is 0 Å². The highest BCUT2D eigenvalue weighted by atomic mass is 19.4. The van der Waals surface area contributed by atoms with Crippen LogP contribution in [0.5, 0.6) is 0 Å². The fourth-order valence-electron chi connectivity index (χ4n) is 4.54. The van der Waals surface area contributed by atoms with E-state index in [1.165, 1.54) is 24.1 Å². The van der Waals surface area contributed by atoms with Crippen LogP contribution in [0.1, 0.15) is 32.6 Å². The lowest BCUT2D eigenvalue weighted by Crippen LogP contribution is -2.46. The van der Waals surface area contributed by atoms with Crippen molar-refractivity contribution in [3.8, 4) is 0 Å². The van der Waals surface area contributed by atoms with Gasteiger partial charge in [-0.1, -0.05) is 12.2 Å². The lowest BCUT2D eigenvalue weighted by molar-refractivity contribution is -0.180. The molecule has 2 aliphatic heterocycles. The monoisotopic (exact) mass is 452 g/mol. The Morgan fingerprint density at radius 1 is 1.26 bits per heavy atom. The van der Waals surface area contributed by atoms with Crippen molar-refractivity contribution in [1.29, 1.82) is 0 Å². The molecule has 0 fully saturated rings. The van der Waals surface area contributed by atoms with Crippen LogP contribution < -0.4 is 5.32 Å². The maximum absolute atomic E-state index is 14.1. The molecule has 0 aromatic carbocycles. The molecule has 3 unspecified atom stereocenters. The predicted octanol–water partition coefficient (Wildman–Crippen LogP) is 3.99. The minimum atomic E-state index is -4.78. The SMILES string of the molecule is CCOC(=O)CCC1C2=C(C=CC(CC(F)(F)F)N2C)C2=C(NC(=O)C2)C1C(F)(F)F. The fourth-order valence-corrected chi connectivity index (χ4v) is 4.54. The first-order chi connectivity index (χ1) is 14.3. The van der Waals surface area contributed by atoms with Crippen LogP contribution in [0.2, 0.25) is 0 Å². The molecule has 5 nitrogen and oxygen atoms in total. The molecule has 0 saturated carbocycles. The number of nitrogens with one attached hydrogen (secondary N) is 1. The maximum Gasteiger partial charge on any atom is 0.397 e. The van der Waals surface area contributed by atoms with Gasteiger partial charge in [0.15, 0.2) is 0 Å². The number of carbonyl (C=O) groups excluding carboxylic acids is 2. The number of carbonyl (C=O) groups is 2. The highest BCUT2D eigenvalue weighted by Crippen LogP contribution is 2.52. The first kappa shape index (κ1) is 23.2. The molecule has 1 aliphatic carbocycles. The highest BCUT2D eigenvalue weighted by Gasteiger charge is 2.55. The van der Waals surface area contributed by atoms with Crippen LogP contribution in [0.4, 0.5) is 26.3 Å². The van der Waals surface area contributed by atoms with Gasteiger partial charge in [-0.05, 0) is 24.5 Å². The van der Waals surface area contributed by atoms with Crippen LogP contribution in [0, 0.1) is 11.8 Å². The van der Waals surface area contributed by atoms with Crippen molar-refractivity contribution in [3.05, 3.63) is 34.7 Å². The number of rotatable bonds is 5. The van der Waals surface area contributed by atoms with E-state index in [1.807, 2.05) is 0 Å². The number of nitrogens with zero attached hydrogens (tertiary/aromatic N) is 1. The topological polar surface area (TPSA) is 58.6 Å². The summed E-state index contributed by atoms with van der Waals surface area (Å²) in [4.78, 5) is 25.0. The van der Waals surface area contributed by atoms with Crippen molar-refractivity contribution in [3.63, 3.8) is 0 Å². The quantitative estimate of drug-likeness (QED) is 0.506. The fraction of sp³-hybridized carbons (Fsp3) is 0.600. The molecule has 1 amide bonds. The van der Waals surface area contributed by atoms with E-state index in [1.54, 1.807) is 6.92 Å². The Balaban J connectivity index is 2.06. The van der Waals surface area contributed by atoms with E-state index in [2.05, 4.69) is 5.32 Å². The first-order valence-corrected chi connectivity index (χ1v) is 9.81. The minimum Gasteiger partial charge on any atom is -0.466 e. The Morgan fingerprint density at radius 2 is 1.94 bits per heavy atom. The molecule has 0 aromatic rings. The van der Waals surface area contributed by atoms with Crippen molar-refractivity contribution in [2.75, 3.05) is 13.7 Å². The van der Waals surface area contributed by atoms with Crippen LogP contribution >= 0.6 is 0 Å². The zero-order chi connectivity index (χ0) is 23.1. The van der Waals surface area contributed by atoms with Crippen molar-refractivity contribution in [1.82, 2.24) is 10.2 Å². The second kappa shape index (κ2) is 8.23. The molecular formula is C20H22F6N2O3. The molecule has 0 aromatic heterocycles. The number of esters is 1. The molecule has 3 atom stereocenters. The number of alkyl halides is 6. The highest BCUT2D eigenvalue weighted by molar-refractivity contribution is 5.87. The third kappa shape index (κ3) is 4.74. The van der Waals surface area contributed by atoms with Gasteiger partial charge in [-0.2, -0.15) is 26.3 Å². The standard InChI is InChI=1S/C20H22F6N2O3/c1-3-31-15(30)7-6-12-16(20(24,25)26)17-13(8-14(29)27-17)11-5-4-10(9-19(21,22)23)28(2)18(11)12/h4-5,10,12,16H,3,6-9H2,1-2H3,(H,27,29). The molecule has 2 heterocycles. The van der Waals surface area contributed by atoms with Crippen LogP contribution in [0.25, 0.3) is 0 Å². The van der Waals surface area contributed by atoms with E-state index in [-0.39, 0.29) is 42.8 Å². The van der Waals surface area contributed by atoms with E-state index >= 15 is 0 Å². The second-order valence-electron chi connectivity index (χ2n) is 7.74. The van der Waals surface area contributed by atoms with Crippen LogP contribution in [-0.4, -0.2) is 48.8 Å². The Labute approximate surface area is 174 Å². The number of hydrogen-bond donors (Lipinski definition) is 1. The number of halogens is 6. The van der Waals surface area contributed by atoms with Gasteiger partial charge in [0.25, 0.3) is 0 Å². The average molecular weight is 452 g/mol. The van der Waals surface area contributed by atoms with Gasteiger partial charge in [-0.25, -0.2) is 0 Å². The van der Waals surface area contributed by atoms with Crippen molar-refractivity contribution >= 4 is 11.9 Å². The molecule has 0 bridgehead atoms. The minimum absolute atomic E-state index is 0.0573.